The summed E-state index contributed by atoms with van der Waals surface area (Å²) in [5.74, 6) is -0.121. The van der Waals surface area contributed by atoms with E-state index in [0.717, 1.165) is 5.69 Å². The Kier molecular flexibility index (Phi) is 5.11. The molecule has 0 unspecified atom stereocenters. The topological polar surface area (TPSA) is 65.5 Å². The Morgan fingerprint density at radius 3 is 2.45 bits per heavy atom. The molecule has 112 valence electrons. The summed E-state index contributed by atoms with van der Waals surface area (Å²) in [6.07, 6.45) is 0. The summed E-state index contributed by atoms with van der Waals surface area (Å²) < 4.78 is 0. The minimum atomic E-state index is -0.927. The highest BCUT2D eigenvalue weighted by atomic mass is 16.4. The summed E-state index contributed by atoms with van der Waals surface area (Å²) in [7, 11) is 4.03. The number of aromatic carboxylic acids is 1. The van der Waals surface area contributed by atoms with Crippen molar-refractivity contribution < 1.29 is 9.90 Å². The van der Waals surface area contributed by atoms with Gasteiger partial charge in [0.05, 0.1) is 5.56 Å². The van der Waals surface area contributed by atoms with Gasteiger partial charge >= 0.3 is 5.97 Å². The third-order valence-corrected chi connectivity index (χ3v) is 3.60. The molecule has 1 aromatic heterocycles. The molecule has 0 spiro atoms. The van der Waals surface area contributed by atoms with Gasteiger partial charge in [0.2, 0.25) is 0 Å². The maximum Gasteiger partial charge on any atom is 0.335 e. The van der Waals surface area contributed by atoms with E-state index in [-0.39, 0.29) is 17.0 Å². The van der Waals surface area contributed by atoms with Gasteiger partial charge < -0.3 is 15.3 Å². The second-order valence-corrected chi connectivity index (χ2v) is 6.19. The quantitative estimate of drug-likeness (QED) is 0.838. The van der Waals surface area contributed by atoms with Gasteiger partial charge in [-0.05, 0) is 46.0 Å². The van der Waals surface area contributed by atoms with E-state index in [1.165, 1.54) is 0 Å². The number of nitrogens with one attached hydrogen (secondary N) is 1. The van der Waals surface area contributed by atoms with Crippen LogP contribution in [0.2, 0.25) is 0 Å². The van der Waals surface area contributed by atoms with Gasteiger partial charge in [0, 0.05) is 17.8 Å². The summed E-state index contributed by atoms with van der Waals surface area (Å²) >= 11 is 0. The van der Waals surface area contributed by atoms with Crippen LogP contribution in [-0.2, 0) is 0 Å². The molecular formula is C15H25N3O2. The highest BCUT2D eigenvalue weighted by Gasteiger charge is 2.20. The van der Waals surface area contributed by atoms with Crippen LogP contribution in [0.4, 0.5) is 5.82 Å². The summed E-state index contributed by atoms with van der Waals surface area (Å²) in [5.41, 5.74) is 1.02. The van der Waals surface area contributed by atoms with Crippen LogP contribution in [0, 0.1) is 0 Å². The van der Waals surface area contributed by atoms with E-state index in [4.69, 9.17) is 5.11 Å². The van der Waals surface area contributed by atoms with E-state index < -0.39 is 5.97 Å². The number of anilines is 1. The molecule has 5 nitrogen and oxygen atoms in total. The molecule has 2 N–H and O–H groups in total. The molecule has 20 heavy (non-hydrogen) atoms. The summed E-state index contributed by atoms with van der Waals surface area (Å²) in [5, 5.41) is 12.4. The lowest BCUT2D eigenvalue weighted by molar-refractivity contribution is 0.0696. The van der Waals surface area contributed by atoms with Crippen LogP contribution in [0.25, 0.3) is 0 Å². The van der Waals surface area contributed by atoms with E-state index in [2.05, 4.69) is 29.0 Å². The van der Waals surface area contributed by atoms with Gasteiger partial charge in [-0.15, -0.1) is 0 Å². The number of pyridine rings is 1. The first-order valence-corrected chi connectivity index (χ1v) is 6.80. The molecule has 0 aromatic carbocycles. The summed E-state index contributed by atoms with van der Waals surface area (Å²) in [6.45, 7) is 8.92. The SMILES string of the molecule is CC(C)c1cc(C(=O)O)cc(NCC(C)(C)N(C)C)n1. The maximum atomic E-state index is 11.2. The fourth-order valence-electron chi connectivity index (χ4n) is 1.53. The van der Waals surface area contributed by atoms with Crippen LogP contribution < -0.4 is 5.32 Å². The van der Waals surface area contributed by atoms with Crippen molar-refractivity contribution in [2.45, 2.75) is 39.2 Å². The van der Waals surface area contributed by atoms with Crippen LogP contribution in [0.1, 0.15) is 49.7 Å². The van der Waals surface area contributed by atoms with Crippen LogP contribution >= 0.6 is 0 Å². The Bertz CT molecular complexity index is 482. The van der Waals surface area contributed by atoms with Crippen molar-refractivity contribution in [1.82, 2.24) is 9.88 Å². The average molecular weight is 279 g/mol. The van der Waals surface area contributed by atoms with Crippen molar-refractivity contribution in [1.29, 1.82) is 0 Å². The van der Waals surface area contributed by atoms with Gasteiger partial charge in [-0.2, -0.15) is 0 Å². The van der Waals surface area contributed by atoms with Crippen LogP contribution in [0.3, 0.4) is 0 Å². The second-order valence-electron chi connectivity index (χ2n) is 6.19. The molecule has 5 heteroatoms. The smallest absolute Gasteiger partial charge is 0.335 e. The number of nitrogens with zero attached hydrogens (tertiary/aromatic N) is 2. The molecule has 0 bridgehead atoms. The Morgan fingerprint density at radius 2 is 2.00 bits per heavy atom. The zero-order chi connectivity index (χ0) is 15.5. The molecule has 0 radical (unpaired) electrons. The first-order valence-electron chi connectivity index (χ1n) is 6.80. The summed E-state index contributed by atoms with van der Waals surface area (Å²) in [4.78, 5) is 17.8. The zero-order valence-corrected chi connectivity index (χ0v) is 13.2. The predicted octanol–water partition coefficient (Wildman–Crippen LogP) is 2.66. The largest absolute Gasteiger partial charge is 0.478 e. The van der Waals surface area contributed by atoms with Crippen LogP contribution in [0.5, 0.6) is 0 Å². The predicted molar refractivity (Wildman–Crippen MR) is 81.5 cm³/mol. The van der Waals surface area contributed by atoms with E-state index in [0.29, 0.717) is 12.4 Å². The fraction of sp³-hybridized carbons (Fsp3) is 0.600. The average Bonchev–Trinajstić information content (AvgIpc) is 2.35. The van der Waals surface area contributed by atoms with Crippen molar-refractivity contribution in [3.05, 3.63) is 23.4 Å². The summed E-state index contributed by atoms with van der Waals surface area (Å²) in [6, 6.07) is 3.22. The molecule has 0 amide bonds. The minimum Gasteiger partial charge on any atom is -0.478 e. The monoisotopic (exact) mass is 279 g/mol. The van der Waals surface area contributed by atoms with Crippen molar-refractivity contribution in [2.24, 2.45) is 0 Å². The van der Waals surface area contributed by atoms with Crippen LogP contribution in [0.15, 0.2) is 12.1 Å². The maximum absolute atomic E-state index is 11.2. The lowest BCUT2D eigenvalue weighted by Crippen LogP contribution is -2.44. The van der Waals surface area contributed by atoms with Crippen molar-refractivity contribution >= 4 is 11.8 Å². The molecule has 0 aliphatic carbocycles. The third-order valence-electron chi connectivity index (χ3n) is 3.60. The highest BCUT2D eigenvalue weighted by molar-refractivity contribution is 5.88. The number of hydrogen-bond acceptors (Lipinski definition) is 4. The number of carbonyl (C=O) groups is 1. The van der Waals surface area contributed by atoms with Crippen molar-refractivity contribution in [3.63, 3.8) is 0 Å². The van der Waals surface area contributed by atoms with Crippen molar-refractivity contribution in [2.75, 3.05) is 26.0 Å². The Morgan fingerprint density at radius 1 is 1.40 bits per heavy atom. The lowest BCUT2D eigenvalue weighted by atomic mass is 10.0. The van der Waals surface area contributed by atoms with E-state index in [1.807, 2.05) is 27.9 Å². The molecule has 1 heterocycles. The second kappa shape index (κ2) is 6.22. The fourth-order valence-corrected chi connectivity index (χ4v) is 1.53. The molecule has 0 atom stereocenters. The first kappa shape index (κ1) is 16.4. The molecule has 1 aromatic rings. The van der Waals surface area contributed by atoms with E-state index in [1.54, 1.807) is 12.1 Å². The van der Waals surface area contributed by atoms with Gasteiger partial charge in [0.15, 0.2) is 0 Å². The number of carboxylic acids is 1. The zero-order valence-electron chi connectivity index (χ0n) is 13.2. The third kappa shape index (κ3) is 4.20. The molecular weight excluding hydrogens is 254 g/mol. The minimum absolute atomic E-state index is 0.0428. The van der Waals surface area contributed by atoms with Gasteiger partial charge in [-0.3, -0.25) is 0 Å². The van der Waals surface area contributed by atoms with E-state index in [9.17, 15) is 4.79 Å². The molecule has 0 aliphatic heterocycles. The van der Waals surface area contributed by atoms with E-state index >= 15 is 0 Å². The molecule has 0 saturated carbocycles. The number of aromatic nitrogens is 1. The van der Waals surface area contributed by atoms with Crippen LogP contribution in [-0.4, -0.2) is 47.1 Å². The van der Waals surface area contributed by atoms with Gasteiger partial charge in [-0.25, -0.2) is 9.78 Å². The van der Waals surface area contributed by atoms with Gasteiger partial charge in [-0.1, -0.05) is 13.8 Å². The first-order chi connectivity index (χ1) is 9.13. The van der Waals surface area contributed by atoms with Gasteiger partial charge in [0.25, 0.3) is 0 Å². The number of hydrogen-bond donors (Lipinski definition) is 2. The number of carboxylic acid groups (broad SMARTS) is 1. The lowest BCUT2D eigenvalue weighted by Gasteiger charge is -2.32. The Balaban J connectivity index is 2.97. The number of rotatable bonds is 6. The molecule has 0 aliphatic rings. The van der Waals surface area contributed by atoms with Gasteiger partial charge in [0.1, 0.15) is 5.82 Å². The van der Waals surface area contributed by atoms with Crippen molar-refractivity contribution in [3.8, 4) is 0 Å². The number of likely N-dealkylation sites (N-methyl/N-ethyl adjacent to an activating group) is 1. The normalized spacial score (nSPS) is 12.0. The molecule has 0 saturated heterocycles. The Hall–Kier alpha value is -1.62. The molecule has 1 rings (SSSR count). The molecule has 0 fully saturated rings. The standard InChI is InChI=1S/C15H25N3O2/c1-10(2)12-7-11(14(19)20)8-13(17-12)16-9-15(3,4)18(5)6/h7-8,10H,9H2,1-6H3,(H,16,17)(H,19,20). The highest BCUT2D eigenvalue weighted by Crippen LogP contribution is 2.19. The Labute approximate surface area is 121 Å².